The van der Waals surface area contributed by atoms with Crippen molar-refractivity contribution in [2.45, 2.75) is 52.2 Å². The maximum Gasteiger partial charge on any atom is 0.407 e. The van der Waals surface area contributed by atoms with Crippen LogP contribution in [0.1, 0.15) is 45.1 Å². The molecule has 1 aromatic rings. The molecule has 1 saturated heterocycles. The van der Waals surface area contributed by atoms with Gasteiger partial charge in [-0.2, -0.15) is 0 Å². The van der Waals surface area contributed by atoms with E-state index in [4.69, 9.17) is 4.74 Å². The van der Waals surface area contributed by atoms with Crippen LogP contribution in [0.15, 0.2) is 30.3 Å². The van der Waals surface area contributed by atoms with E-state index in [2.05, 4.69) is 5.32 Å². The molecule has 1 unspecified atom stereocenters. The Hall–Kier alpha value is -2.04. The van der Waals surface area contributed by atoms with E-state index in [0.717, 1.165) is 37.8 Å². The summed E-state index contributed by atoms with van der Waals surface area (Å²) in [4.78, 5) is 26.3. The number of amides is 2. The minimum Gasteiger partial charge on any atom is -0.445 e. The SMILES string of the molecule is CCC(CC)C(=O)N1CCCC(NC(=O)OCc2ccccc2)C1. The number of hydrogen-bond acceptors (Lipinski definition) is 3. The number of nitrogens with zero attached hydrogens (tertiary/aromatic N) is 1. The Morgan fingerprint density at radius 1 is 1.25 bits per heavy atom. The monoisotopic (exact) mass is 332 g/mol. The molecule has 1 atom stereocenters. The average Bonchev–Trinajstić information content (AvgIpc) is 2.62. The first-order valence-corrected chi connectivity index (χ1v) is 8.90. The summed E-state index contributed by atoms with van der Waals surface area (Å²) in [6.07, 6.45) is 3.11. The van der Waals surface area contributed by atoms with Crippen LogP contribution in [0.5, 0.6) is 0 Å². The maximum atomic E-state index is 12.5. The Labute approximate surface area is 144 Å². The van der Waals surface area contributed by atoms with Crippen LogP contribution >= 0.6 is 0 Å². The van der Waals surface area contributed by atoms with Gasteiger partial charge in [0.25, 0.3) is 0 Å². The van der Waals surface area contributed by atoms with Gasteiger partial charge in [0, 0.05) is 25.0 Å². The molecule has 1 aliphatic rings. The fourth-order valence-electron chi connectivity index (χ4n) is 3.12. The Kier molecular flexibility index (Phi) is 7.09. The van der Waals surface area contributed by atoms with Crippen molar-refractivity contribution < 1.29 is 14.3 Å². The van der Waals surface area contributed by atoms with Crippen LogP contribution in [0.3, 0.4) is 0 Å². The molecule has 0 aliphatic carbocycles. The van der Waals surface area contributed by atoms with Gasteiger partial charge in [0.2, 0.25) is 5.91 Å². The summed E-state index contributed by atoms with van der Waals surface area (Å²) in [7, 11) is 0. The zero-order valence-corrected chi connectivity index (χ0v) is 14.7. The quantitative estimate of drug-likeness (QED) is 0.869. The molecule has 1 aliphatic heterocycles. The lowest BCUT2D eigenvalue weighted by Gasteiger charge is -2.34. The molecule has 0 saturated carbocycles. The molecular weight excluding hydrogens is 304 g/mol. The highest BCUT2D eigenvalue weighted by Gasteiger charge is 2.28. The lowest BCUT2D eigenvalue weighted by atomic mass is 9.98. The molecule has 0 aromatic heterocycles. The third-order valence-corrected chi connectivity index (χ3v) is 4.60. The highest BCUT2D eigenvalue weighted by Crippen LogP contribution is 2.17. The minimum atomic E-state index is -0.416. The number of carbonyl (C=O) groups excluding carboxylic acids is 2. The van der Waals surface area contributed by atoms with E-state index in [1.165, 1.54) is 0 Å². The summed E-state index contributed by atoms with van der Waals surface area (Å²) in [5.41, 5.74) is 0.960. The fourth-order valence-corrected chi connectivity index (χ4v) is 3.12. The van der Waals surface area contributed by atoms with E-state index in [9.17, 15) is 9.59 Å². The van der Waals surface area contributed by atoms with Gasteiger partial charge in [-0.15, -0.1) is 0 Å². The maximum absolute atomic E-state index is 12.5. The molecule has 5 heteroatoms. The van der Waals surface area contributed by atoms with Gasteiger partial charge in [0.05, 0.1) is 0 Å². The number of ether oxygens (including phenoxy) is 1. The summed E-state index contributed by atoms with van der Waals surface area (Å²) >= 11 is 0. The van der Waals surface area contributed by atoms with Gasteiger partial charge < -0.3 is 15.0 Å². The highest BCUT2D eigenvalue weighted by molar-refractivity contribution is 5.79. The van der Waals surface area contributed by atoms with Crippen LogP contribution < -0.4 is 5.32 Å². The van der Waals surface area contributed by atoms with Crippen LogP contribution in [0.25, 0.3) is 0 Å². The first kappa shape index (κ1) is 18.3. The topological polar surface area (TPSA) is 58.6 Å². The zero-order chi connectivity index (χ0) is 17.4. The predicted octanol–water partition coefficient (Wildman–Crippen LogP) is 3.34. The number of piperidine rings is 1. The number of likely N-dealkylation sites (tertiary alicyclic amines) is 1. The number of hydrogen-bond donors (Lipinski definition) is 1. The Bertz CT molecular complexity index is 529. The third kappa shape index (κ3) is 5.25. The van der Waals surface area contributed by atoms with E-state index in [1.807, 2.05) is 49.1 Å². The summed E-state index contributed by atoms with van der Waals surface area (Å²) in [6, 6.07) is 9.57. The first-order chi connectivity index (χ1) is 11.6. The van der Waals surface area contributed by atoms with E-state index in [0.29, 0.717) is 6.54 Å². The second-order valence-electron chi connectivity index (χ2n) is 6.34. The van der Waals surface area contributed by atoms with Gasteiger partial charge in [-0.3, -0.25) is 4.79 Å². The van der Waals surface area contributed by atoms with Crippen molar-refractivity contribution in [3.05, 3.63) is 35.9 Å². The summed E-state index contributed by atoms with van der Waals surface area (Å²) < 4.78 is 5.26. The number of alkyl carbamates (subject to hydrolysis) is 1. The molecule has 2 amide bonds. The van der Waals surface area contributed by atoms with Crippen LogP contribution in [0.4, 0.5) is 4.79 Å². The van der Waals surface area contributed by atoms with Gasteiger partial charge in [-0.25, -0.2) is 4.79 Å². The number of carbonyl (C=O) groups is 2. The molecule has 132 valence electrons. The van der Waals surface area contributed by atoms with Crippen molar-refractivity contribution >= 4 is 12.0 Å². The lowest BCUT2D eigenvalue weighted by Crippen LogP contribution is -2.51. The fraction of sp³-hybridized carbons (Fsp3) is 0.579. The van der Waals surface area contributed by atoms with Crippen molar-refractivity contribution in [1.82, 2.24) is 10.2 Å². The normalized spacial score (nSPS) is 17.6. The molecule has 5 nitrogen and oxygen atoms in total. The first-order valence-electron chi connectivity index (χ1n) is 8.90. The van der Waals surface area contributed by atoms with Gasteiger partial charge in [-0.1, -0.05) is 44.2 Å². The summed E-state index contributed by atoms with van der Waals surface area (Å²) in [5, 5.41) is 2.89. The molecule has 1 heterocycles. The van der Waals surface area contributed by atoms with E-state index < -0.39 is 6.09 Å². The second kappa shape index (κ2) is 9.30. The Balaban J connectivity index is 1.79. The van der Waals surface area contributed by atoms with Gasteiger partial charge in [-0.05, 0) is 31.2 Å². The molecule has 0 spiro atoms. The third-order valence-electron chi connectivity index (χ3n) is 4.60. The second-order valence-corrected chi connectivity index (χ2v) is 6.34. The molecule has 0 bridgehead atoms. The summed E-state index contributed by atoms with van der Waals surface area (Å²) in [6.45, 7) is 5.72. The molecule has 2 rings (SSSR count). The number of rotatable bonds is 6. The largest absolute Gasteiger partial charge is 0.445 e. The molecule has 24 heavy (non-hydrogen) atoms. The lowest BCUT2D eigenvalue weighted by molar-refractivity contribution is -0.137. The van der Waals surface area contributed by atoms with Crippen molar-refractivity contribution in [2.24, 2.45) is 5.92 Å². The molecule has 0 radical (unpaired) electrons. The molecular formula is C19H28N2O3. The van der Waals surface area contributed by atoms with Crippen molar-refractivity contribution in [1.29, 1.82) is 0 Å². The predicted molar refractivity (Wildman–Crippen MR) is 93.4 cm³/mol. The van der Waals surface area contributed by atoms with Gasteiger partial charge >= 0.3 is 6.09 Å². The van der Waals surface area contributed by atoms with E-state index >= 15 is 0 Å². The van der Waals surface area contributed by atoms with Crippen LogP contribution in [0, 0.1) is 5.92 Å². The van der Waals surface area contributed by atoms with E-state index in [1.54, 1.807) is 0 Å². The highest BCUT2D eigenvalue weighted by atomic mass is 16.5. The number of benzene rings is 1. The van der Waals surface area contributed by atoms with Crippen molar-refractivity contribution in [3.8, 4) is 0 Å². The van der Waals surface area contributed by atoms with E-state index in [-0.39, 0.29) is 24.5 Å². The van der Waals surface area contributed by atoms with Gasteiger partial charge in [0.15, 0.2) is 0 Å². The minimum absolute atomic E-state index is 0.0275. The van der Waals surface area contributed by atoms with Crippen molar-refractivity contribution in [2.75, 3.05) is 13.1 Å². The Morgan fingerprint density at radius 3 is 2.62 bits per heavy atom. The molecule has 1 N–H and O–H groups in total. The van der Waals surface area contributed by atoms with Crippen molar-refractivity contribution in [3.63, 3.8) is 0 Å². The molecule has 1 fully saturated rings. The smallest absolute Gasteiger partial charge is 0.407 e. The Morgan fingerprint density at radius 2 is 1.96 bits per heavy atom. The zero-order valence-electron chi connectivity index (χ0n) is 14.7. The molecule has 1 aromatic carbocycles. The average molecular weight is 332 g/mol. The van der Waals surface area contributed by atoms with Crippen LogP contribution in [0.2, 0.25) is 0 Å². The number of nitrogens with one attached hydrogen (secondary N) is 1. The van der Waals surface area contributed by atoms with Crippen LogP contribution in [-0.4, -0.2) is 36.0 Å². The van der Waals surface area contributed by atoms with Gasteiger partial charge in [0.1, 0.15) is 6.61 Å². The van der Waals surface area contributed by atoms with Crippen LogP contribution in [-0.2, 0) is 16.1 Å². The standard InChI is InChI=1S/C19H28N2O3/c1-3-16(4-2)18(22)21-12-8-11-17(13-21)20-19(23)24-14-15-9-6-5-7-10-15/h5-7,9-10,16-17H,3-4,8,11-14H2,1-2H3,(H,20,23). The summed E-state index contributed by atoms with van der Waals surface area (Å²) in [5.74, 6) is 0.304.